The van der Waals surface area contributed by atoms with Gasteiger partial charge in [0.2, 0.25) is 0 Å². The maximum Gasteiger partial charge on any atom is 0.251 e. The average Bonchev–Trinajstić information content (AvgIpc) is 2.59. The summed E-state index contributed by atoms with van der Waals surface area (Å²) in [7, 11) is 1.68. The molecular weight excluding hydrogens is 288 g/mol. The molecule has 1 N–H and O–H groups in total. The molecule has 4 heteroatoms. The lowest BCUT2D eigenvalue weighted by Gasteiger charge is -2.29. The third kappa shape index (κ3) is 3.70. The van der Waals surface area contributed by atoms with Gasteiger partial charge >= 0.3 is 0 Å². The number of carbonyl (C=O) groups excluding carboxylic acids is 1. The highest BCUT2D eigenvalue weighted by molar-refractivity contribution is 5.94. The Morgan fingerprint density at radius 2 is 1.78 bits per heavy atom. The predicted octanol–water partition coefficient (Wildman–Crippen LogP) is 2.84. The molecule has 23 heavy (non-hydrogen) atoms. The number of pyridine rings is 1. The molecule has 1 aromatic carbocycles. The number of carbonyl (C=O) groups is 1. The molecule has 0 bridgehead atoms. The van der Waals surface area contributed by atoms with E-state index in [0.717, 1.165) is 25.7 Å². The fourth-order valence-corrected chi connectivity index (χ4v) is 3.25. The minimum absolute atomic E-state index is 0.147. The molecule has 0 saturated heterocycles. The third-order valence-electron chi connectivity index (χ3n) is 4.70. The van der Waals surface area contributed by atoms with Crippen LogP contribution in [0.1, 0.15) is 47.5 Å². The molecule has 0 atom stereocenters. The summed E-state index contributed by atoms with van der Waals surface area (Å²) in [5.41, 5.74) is 1.67. The maximum atomic E-state index is 12.3. The van der Waals surface area contributed by atoms with Gasteiger partial charge in [-0.15, -0.1) is 0 Å². The summed E-state index contributed by atoms with van der Waals surface area (Å²) < 4.78 is 1.46. The van der Waals surface area contributed by atoms with Crippen LogP contribution in [0.5, 0.6) is 0 Å². The van der Waals surface area contributed by atoms with E-state index in [2.05, 4.69) is 29.6 Å². The molecule has 1 aliphatic rings. The molecule has 0 spiro atoms. The van der Waals surface area contributed by atoms with Crippen LogP contribution in [0.25, 0.3) is 0 Å². The Hall–Kier alpha value is -2.36. The highest BCUT2D eigenvalue weighted by Gasteiger charge is 2.23. The SMILES string of the molecule is Cn1ccc(C(=O)NC2CCC(c3ccccc3)CC2)cc1=O. The number of amides is 1. The Bertz CT molecular complexity index is 729. The highest BCUT2D eigenvalue weighted by atomic mass is 16.2. The lowest BCUT2D eigenvalue weighted by molar-refractivity contribution is 0.0925. The zero-order valence-corrected chi connectivity index (χ0v) is 13.4. The molecule has 1 saturated carbocycles. The van der Waals surface area contributed by atoms with Gasteiger partial charge in [0.25, 0.3) is 11.5 Å². The summed E-state index contributed by atoms with van der Waals surface area (Å²) in [6, 6.07) is 13.9. The Balaban J connectivity index is 1.57. The van der Waals surface area contributed by atoms with Crippen LogP contribution in [0.3, 0.4) is 0 Å². The molecular formula is C19H22N2O2. The zero-order chi connectivity index (χ0) is 16.2. The smallest absolute Gasteiger partial charge is 0.251 e. The van der Waals surface area contributed by atoms with Gasteiger partial charge in [0.05, 0.1) is 0 Å². The van der Waals surface area contributed by atoms with Crippen LogP contribution in [0.4, 0.5) is 0 Å². The molecule has 0 aliphatic heterocycles. The van der Waals surface area contributed by atoms with E-state index in [1.165, 1.54) is 16.2 Å². The number of benzene rings is 1. The maximum absolute atomic E-state index is 12.3. The van der Waals surface area contributed by atoms with Crippen molar-refractivity contribution in [2.24, 2.45) is 7.05 Å². The van der Waals surface area contributed by atoms with Crippen molar-refractivity contribution >= 4 is 5.91 Å². The minimum atomic E-state index is -0.162. The van der Waals surface area contributed by atoms with Crippen molar-refractivity contribution in [3.05, 3.63) is 70.1 Å². The van der Waals surface area contributed by atoms with Crippen LogP contribution in [0.15, 0.2) is 53.5 Å². The van der Waals surface area contributed by atoms with E-state index in [9.17, 15) is 9.59 Å². The van der Waals surface area contributed by atoms with Gasteiger partial charge in [0.15, 0.2) is 0 Å². The van der Waals surface area contributed by atoms with Gasteiger partial charge in [-0.2, -0.15) is 0 Å². The second-order valence-electron chi connectivity index (χ2n) is 6.30. The summed E-state index contributed by atoms with van der Waals surface area (Å²) >= 11 is 0. The predicted molar refractivity (Wildman–Crippen MR) is 90.6 cm³/mol. The zero-order valence-electron chi connectivity index (χ0n) is 13.4. The molecule has 120 valence electrons. The van der Waals surface area contributed by atoms with Gasteiger partial charge in [-0.25, -0.2) is 0 Å². The summed E-state index contributed by atoms with van der Waals surface area (Å²) in [6.45, 7) is 0. The minimum Gasteiger partial charge on any atom is -0.349 e. The second kappa shape index (κ2) is 6.82. The molecule has 3 rings (SSSR count). The van der Waals surface area contributed by atoms with Crippen molar-refractivity contribution in [3.63, 3.8) is 0 Å². The summed E-state index contributed by atoms with van der Waals surface area (Å²) in [5, 5.41) is 3.07. The van der Waals surface area contributed by atoms with Gasteiger partial charge in [-0.05, 0) is 43.2 Å². The monoisotopic (exact) mass is 310 g/mol. The Morgan fingerprint density at radius 1 is 1.09 bits per heavy atom. The van der Waals surface area contributed by atoms with Crippen LogP contribution in [0, 0.1) is 0 Å². The molecule has 1 aliphatic carbocycles. The fraction of sp³-hybridized carbons (Fsp3) is 0.368. The number of hydrogen-bond acceptors (Lipinski definition) is 2. The van der Waals surface area contributed by atoms with Crippen LogP contribution in [-0.2, 0) is 7.05 Å². The average molecular weight is 310 g/mol. The van der Waals surface area contributed by atoms with E-state index in [1.807, 2.05) is 6.07 Å². The summed E-state index contributed by atoms with van der Waals surface area (Å²) in [5.74, 6) is 0.444. The van der Waals surface area contributed by atoms with E-state index in [4.69, 9.17) is 0 Å². The molecule has 4 nitrogen and oxygen atoms in total. The number of nitrogens with one attached hydrogen (secondary N) is 1. The number of aromatic nitrogens is 1. The second-order valence-corrected chi connectivity index (χ2v) is 6.30. The molecule has 0 radical (unpaired) electrons. The Labute approximate surface area is 136 Å². The molecule has 0 unspecified atom stereocenters. The first-order valence-corrected chi connectivity index (χ1v) is 8.16. The molecule has 1 fully saturated rings. The van der Waals surface area contributed by atoms with E-state index in [0.29, 0.717) is 11.5 Å². The summed E-state index contributed by atoms with van der Waals surface area (Å²) in [4.78, 5) is 23.9. The van der Waals surface area contributed by atoms with E-state index >= 15 is 0 Å². The van der Waals surface area contributed by atoms with Crippen LogP contribution in [0.2, 0.25) is 0 Å². The molecule has 1 aromatic heterocycles. The largest absolute Gasteiger partial charge is 0.349 e. The highest BCUT2D eigenvalue weighted by Crippen LogP contribution is 2.32. The van der Waals surface area contributed by atoms with Crippen molar-refractivity contribution in [3.8, 4) is 0 Å². The Morgan fingerprint density at radius 3 is 2.43 bits per heavy atom. The molecule has 1 heterocycles. The van der Waals surface area contributed by atoms with Gasteiger partial charge in [0.1, 0.15) is 0 Å². The first-order valence-electron chi connectivity index (χ1n) is 8.16. The van der Waals surface area contributed by atoms with Crippen molar-refractivity contribution in [2.75, 3.05) is 0 Å². The number of aryl methyl sites for hydroxylation is 1. The molecule has 1 amide bonds. The first kappa shape index (κ1) is 15.5. The van der Waals surface area contributed by atoms with Crippen molar-refractivity contribution in [1.29, 1.82) is 0 Å². The topological polar surface area (TPSA) is 51.1 Å². The van der Waals surface area contributed by atoms with Crippen molar-refractivity contribution in [1.82, 2.24) is 9.88 Å². The van der Waals surface area contributed by atoms with Gasteiger partial charge < -0.3 is 9.88 Å². The third-order valence-corrected chi connectivity index (χ3v) is 4.70. The van der Waals surface area contributed by atoms with Gasteiger partial charge in [0, 0.05) is 30.9 Å². The number of hydrogen-bond donors (Lipinski definition) is 1. The van der Waals surface area contributed by atoms with E-state index in [1.54, 1.807) is 19.3 Å². The number of rotatable bonds is 3. The van der Waals surface area contributed by atoms with Crippen molar-refractivity contribution in [2.45, 2.75) is 37.6 Å². The quantitative estimate of drug-likeness (QED) is 0.948. The summed E-state index contributed by atoms with van der Waals surface area (Å²) in [6.07, 6.45) is 5.77. The fourth-order valence-electron chi connectivity index (χ4n) is 3.25. The van der Waals surface area contributed by atoms with E-state index in [-0.39, 0.29) is 17.5 Å². The number of nitrogens with zero attached hydrogens (tertiary/aromatic N) is 1. The lowest BCUT2D eigenvalue weighted by atomic mass is 9.82. The first-order chi connectivity index (χ1) is 11.1. The Kier molecular flexibility index (Phi) is 4.60. The van der Waals surface area contributed by atoms with E-state index < -0.39 is 0 Å². The lowest BCUT2D eigenvalue weighted by Crippen LogP contribution is -2.37. The van der Waals surface area contributed by atoms with Crippen LogP contribution < -0.4 is 10.9 Å². The van der Waals surface area contributed by atoms with Gasteiger partial charge in [-0.3, -0.25) is 9.59 Å². The van der Waals surface area contributed by atoms with Crippen molar-refractivity contribution < 1.29 is 4.79 Å². The van der Waals surface area contributed by atoms with Gasteiger partial charge in [-0.1, -0.05) is 30.3 Å². The standard InChI is InChI=1S/C19H22N2O2/c1-21-12-11-16(13-18(21)22)19(23)20-17-9-7-15(8-10-17)14-5-3-2-4-6-14/h2-6,11-13,15,17H,7-10H2,1H3,(H,20,23). The molecule has 2 aromatic rings. The normalized spacial score (nSPS) is 20.9. The van der Waals surface area contributed by atoms with Crippen LogP contribution in [-0.4, -0.2) is 16.5 Å². The van der Waals surface area contributed by atoms with Crippen LogP contribution >= 0.6 is 0 Å².